The van der Waals surface area contributed by atoms with E-state index in [9.17, 15) is 4.79 Å². The van der Waals surface area contributed by atoms with E-state index in [1.165, 1.54) is 11.8 Å². The molecule has 0 aliphatic rings. The first kappa shape index (κ1) is 19.1. The molecule has 2 N–H and O–H groups in total. The van der Waals surface area contributed by atoms with Gasteiger partial charge >= 0.3 is 0 Å². The van der Waals surface area contributed by atoms with Crippen molar-refractivity contribution in [3.05, 3.63) is 35.0 Å². The first-order valence-electron chi connectivity index (χ1n) is 8.99. The van der Waals surface area contributed by atoms with Crippen LogP contribution in [0.1, 0.15) is 24.5 Å². The predicted octanol–water partition coefficient (Wildman–Crippen LogP) is 3.92. The maximum atomic E-state index is 11.1. The lowest BCUT2D eigenvalue weighted by molar-refractivity contribution is -0.118. The molecule has 0 unspecified atom stereocenters. The molecule has 0 fully saturated rings. The third-order valence-corrected chi connectivity index (χ3v) is 5.08. The van der Waals surface area contributed by atoms with E-state index in [2.05, 4.69) is 39.7 Å². The summed E-state index contributed by atoms with van der Waals surface area (Å²) in [5.41, 5.74) is 2.25. The molecule has 0 aliphatic carbocycles. The molecule has 0 spiro atoms. The smallest absolute Gasteiger partial charge is 0.216 e. The van der Waals surface area contributed by atoms with Gasteiger partial charge in [0.05, 0.1) is 12.0 Å². The third kappa shape index (κ3) is 4.36. The Hall–Kier alpha value is -2.67. The van der Waals surface area contributed by atoms with Gasteiger partial charge in [-0.25, -0.2) is 9.97 Å². The van der Waals surface area contributed by atoms with Gasteiger partial charge in [-0.05, 0) is 38.5 Å². The minimum absolute atomic E-state index is 0.0396. The van der Waals surface area contributed by atoms with Crippen LogP contribution < -0.4 is 15.4 Å². The Balaban J connectivity index is 1.99. The van der Waals surface area contributed by atoms with Crippen LogP contribution in [-0.2, 0) is 4.79 Å². The molecule has 1 amide bonds. The lowest BCUT2D eigenvalue weighted by atomic mass is 10.0. The molecule has 2 heterocycles. The first-order chi connectivity index (χ1) is 13.0. The second kappa shape index (κ2) is 8.35. The van der Waals surface area contributed by atoms with E-state index >= 15 is 0 Å². The molecule has 27 heavy (non-hydrogen) atoms. The highest BCUT2D eigenvalue weighted by atomic mass is 32.1. The van der Waals surface area contributed by atoms with Crippen LogP contribution >= 0.6 is 11.3 Å². The summed E-state index contributed by atoms with van der Waals surface area (Å²) >= 11 is 1.67. The molecule has 1 aromatic carbocycles. The van der Waals surface area contributed by atoms with E-state index in [1.807, 2.05) is 26.0 Å². The molecule has 0 aliphatic heterocycles. The predicted molar refractivity (Wildman–Crippen MR) is 111 cm³/mol. The number of hydrogen-bond donors (Lipinski definition) is 2. The summed E-state index contributed by atoms with van der Waals surface area (Å²) in [6, 6.07) is 8.11. The number of nitrogens with zero attached hydrogens (tertiary/aromatic N) is 2. The number of anilines is 1. The van der Waals surface area contributed by atoms with Gasteiger partial charge in [0.15, 0.2) is 0 Å². The zero-order chi connectivity index (χ0) is 19.4. The minimum atomic E-state index is -0.0396. The zero-order valence-electron chi connectivity index (χ0n) is 16.0. The standard InChI is InChI=1S/C20H24N4O2S/c1-5-26-16-8-6-15(7-9-16)17-12(2)27-20-18(17)19(23-13(3)24-20)22-11-10-21-14(4)25/h6-9H,5,10-11H2,1-4H3,(H,21,25)(H,22,23,24). The monoisotopic (exact) mass is 384 g/mol. The molecule has 6 nitrogen and oxygen atoms in total. The van der Waals surface area contributed by atoms with E-state index in [0.717, 1.165) is 38.7 Å². The van der Waals surface area contributed by atoms with Crippen molar-refractivity contribution in [1.29, 1.82) is 0 Å². The van der Waals surface area contributed by atoms with Crippen molar-refractivity contribution in [3.63, 3.8) is 0 Å². The van der Waals surface area contributed by atoms with Crippen molar-refractivity contribution in [2.75, 3.05) is 25.0 Å². The van der Waals surface area contributed by atoms with Gasteiger partial charge in [0.2, 0.25) is 5.91 Å². The number of nitrogens with one attached hydrogen (secondary N) is 2. The lowest BCUT2D eigenvalue weighted by Gasteiger charge is -2.11. The Bertz CT molecular complexity index is 951. The number of rotatable bonds is 7. The van der Waals surface area contributed by atoms with Gasteiger partial charge in [-0.3, -0.25) is 4.79 Å². The van der Waals surface area contributed by atoms with Crippen molar-refractivity contribution < 1.29 is 9.53 Å². The Labute approximate surface area is 163 Å². The SMILES string of the molecule is CCOc1ccc(-c2c(C)sc3nc(C)nc(NCCNC(C)=O)c23)cc1. The van der Waals surface area contributed by atoms with Crippen LogP contribution in [0, 0.1) is 13.8 Å². The number of aromatic nitrogens is 2. The average Bonchev–Trinajstić information content (AvgIpc) is 2.95. The van der Waals surface area contributed by atoms with Crippen molar-refractivity contribution in [1.82, 2.24) is 15.3 Å². The van der Waals surface area contributed by atoms with Gasteiger partial charge in [-0.1, -0.05) is 12.1 Å². The van der Waals surface area contributed by atoms with Crippen LogP contribution in [0.4, 0.5) is 5.82 Å². The zero-order valence-corrected chi connectivity index (χ0v) is 16.9. The van der Waals surface area contributed by atoms with Gasteiger partial charge in [-0.2, -0.15) is 0 Å². The number of ether oxygens (including phenoxy) is 1. The quantitative estimate of drug-likeness (QED) is 0.604. The summed E-state index contributed by atoms with van der Waals surface area (Å²) in [6.45, 7) is 9.28. The van der Waals surface area contributed by atoms with E-state index in [1.54, 1.807) is 11.3 Å². The Morgan fingerprint density at radius 1 is 1.15 bits per heavy atom. The van der Waals surface area contributed by atoms with Gasteiger partial charge < -0.3 is 15.4 Å². The number of aryl methyl sites for hydroxylation is 2. The summed E-state index contributed by atoms with van der Waals surface area (Å²) in [7, 11) is 0. The molecule has 7 heteroatoms. The Morgan fingerprint density at radius 2 is 1.89 bits per heavy atom. The van der Waals surface area contributed by atoms with Crippen LogP contribution in [0.2, 0.25) is 0 Å². The molecule has 0 saturated carbocycles. The van der Waals surface area contributed by atoms with Crippen LogP contribution in [0.3, 0.4) is 0 Å². The van der Waals surface area contributed by atoms with Crippen LogP contribution in [0.15, 0.2) is 24.3 Å². The van der Waals surface area contributed by atoms with Crippen molar-refractivity contribution in [2.24, 2.45) is 0 Å². The van der Waals surface area contributed by atoms with E-state index in [-0.39, 0.29) is 5.91 Å². The fourth-order valence-corrected chi connectivity index (χ4v) is 4.09. The average molecular weight is 385 g/mol. The molecular weight excluding hydrogens is 360 g/mol. The highest BCUT2D eigenvalue weighted by Crippen LogP contribution is 2.41. The Kier molecular flexibility index (Phi) is 5.91. The van der Waals surface area contributed by atoms with Crippen molar-refractivity contribution in [2.45, 2.75) is 27.7 Å². The second-order valence-electron chi connectivity index (χ2n) is 6.20. The first-order valence-corrected chi connectivity index (χ1v) is 9.80. The highest BCUT2D eigenvalue weighted by molar-refractivity contribution is 7.19. The van der Waals surface area contributed by atoms with Gasteiger partial charge in [0.1, 0.15) is 22.2 Å². The van der Waals surface area contributed by atoms with Gasteiger partial charge in [0, 0.05) is 30.5 Å². The molecular formula is C20H24N4O2S. The van der Waals surface area contributed by atoms with Crippen molar-refractivity contribution >= 4 is 33.3 Å². The molecule has 0 radical (unpaired) electrons. The van der Waals surface area contributed by atoms with E-state index in [4.69, 9.17) is 4.74 Å². The normalized spacial score (nSPS) is 10.8. The minimum Gasteiger partial charge on any atom is -0.494 e. The molecule has 2 aromatic heterocycles. The maximum Gasteiger partial charge on any atom is 0.216 e. The van der Waals surface area contributed by atoms with Gasteiger partial charge in [-0.15, -0.1) is 11.3 Å². The van der Waals surface area contributed by atoms with Crippen LogP contribution in [0.5, 0.6) is 5.75 Å². The van der Waals surface area contributed by atoms with Crippen LogP contribution in [-0.4, -0.2) is 35.6 Å². The summed E-state index contributed by atoms with van der Waals surface area (Å²) in [5.74, 6) is 2.35. The summed E-state index contributed by atoms with van der Waals surface area (Å²) in [6.07, 6.45) is 0. The molecule has 3 rings (SSSR count). The maximum absolute atomic E-state index is 11.1. The highest BCUT2D eigenvalue weighted by Gasteiger charge is 2.17. The molecule has 0 bridgehead atoms. The lowest BCUT2D eigenvalue weighted by Crippen LogP contribution is -2.26. The number of carbonyl (C=O) groups excluding carboxylic acids is 1. The topological polar surface area (TPSA) is 76.1 Å². The van der Waals surface area contributed by atoms with E-state index < -0.39 is 0 Å². The third-order valence-electron chi connectivity index (χ3n) is 4.08. The molecule has 142 valence electrons. The Morgan fingerprint density at radius 3 is 2.56 bits per heavy atom. The fourth-order valence-electron chi connectivity index (χ4n) is 3.00. The number of hydrogen-bond acceptors (Lipinski definition) is 6. The largest absolute Gasteiger partial charge is 0.494 e. The molecule has 0 atom stereocenters. The fraction of sp³-hybridized carbons (Fsp3) is 0.350. The van der Waals surface area contributed by atoms with Crippen LogP contribution in [0.25, 0.3) is 21.3 Å². The number of fused-ring (bicyclic) bond motifs is 1. The number of amides is 1. The summed E-state index contributed by atoms with van der Waals surface area (Å²) in [5, 5.41) is 7.17. The molecule has 0 saturated heterocycles. The second-order valence-corrected chi connectivity index (χ2v) is 7.40. The summed E-state index contributed by atoms with van der Waals surface area (Å²) in [4.78, 5) is 22.5. The number of carbonyl (C=O) groups is 1. The summed E-state index contributed by atoms with van der Waals surface area (Å²) < 4.78 is 5.55. The van der Waals surface area contributed by atoms with Gasteiger partial charge in [0.25, 0.3) is 0 Å². The molecule has 3 aromatic rings. The van der Waals surface area contributed by atoms with Crippen molar-refractivity contribution in [3.8, 4) is 16.9 Å². The van der Waals surface area contributed by atoms with E-state index in [0.29, 0.717) is 19.7 Å². The number of benzene rings is 1. The number of thiophene rings is 1.